The second-order valence-corrected chi connectivity index (χ2v) is 4.37. The molecular weight excluding hydrogens is 269 g/mol. The Balaban J connectivity index is 3.31. The summed E-state index contributed by atoms with van der Waals surface area (Å²) < 4.78 is 38.1. The Hall–Kier alpha value is -2.28. The molecule has 20 heavy (non-hydrogen) atoms. The Morgan fingerprint density at radius 3 is 2.40 bits per heavy atom. The van der Waals surface area contributed by atoms with Gasteiger partial charge in [-0.25, -0.2) is 4.98 Å². The molecule has 0 spiro atoms. The number of aromatic nitrogens is 1. The van der Waals surface area contributed by atoms with Crippen LogP contribution in [-0.4, -0.2) is 17.6 Å². The zero-order valence-electron chi connectivity index (χ0n) is 11.1. The third-order valence-corrected chi connectivity index (χ3v) is 2.65. The van der Waals surface area contributed by atoms with Crippen LogP contribution in [0.2, 0.25) is 0 Å². The number of hydrogen-bond donors (Lipinski definition) is 0. The van der Waals surface area contributed by atoms with E-state index in [0.717, 1.165) is 12.1 Å². The molecule has 0 radical (unpaired) electrons. The minimum absolute atomic E-state index is 0.0347. The van der Waals surface area contributed by atoms with E-state index in [1.54, 1.807) is 13.8 Å². The first-order valence-electron chi connectivity index (χ1n) is 5.93. The third-order valence-electron chi connectivity index (χ3n) is 2.65. The van der Waals surface area contributed by atoms with Gasteiger partial charge in [0.1, 0.15) is 17.6 Å². The minimum atomic E-state index is -4.57. The van der Waals surface area contributed by atoms with E-state index in [4.69, 9.17) is 10.5 Å². The molecule has 106 valence electrons. The Bertz CT molecular complexity index is 552. The van der Waals surface area contributed by atoms with Crippen LogP contribution in [0.4, 0.5) is 19.0 Å². The predicted octanol–water partition coefficient (Wildman–Crippen LogP) is 3.10. The Kier molecular flexibility index (Phi) is 4.93. The van der Waals surface area contributed by atoms with Gasteiger partial charge in [-0.2, -0.15) is 23.7 Å². The molecule has 0 amide bonds. The zero-order chi connectivity index (χ0) is 15.3. The molecule has 0 N–H and O–H groups in total. The summed E-state index contributed by atoms with van der Waals surface area (Å²) in [6, 6.07) is 5.47. The van der Waals surface area contributed by atoms with Gasteiger partial charge in [-0.15, -0.1) is 0 Å². The number of nitrogens with zero attached hydrogens (tertiary/aromatic N) is 4. The van der Waals surface area contributed by atoms with Crippen molar-refractivity contribution in [1.82, 2.24) is 4.98 Å². The van der Waals surface area contributed by atoms with Gasteiger partial charge in [0.2, 0.25) is 0 Å². The summed E-state index contributed by atoms with van der Waals surface area (Å²) in [5.41, 5.74) is -0.987. The van der Waals surface area contributed by atoms with Gasteiger partial charge >= 0.3 is 6.18 Å². The van der Waals surface area contributed by atoms with Crippen molar-refractivity contribution in [1.29, 1.82) is 10.5 Å². The van der Waals surface area contributed by atoms with Crippen LogP contribution in [0.3, 0.4) is 0 Å². The third kappa shape index (κ3) is 3.61. The quantitative estimate of drug-likeness (QED) is 0.851. The van der Waals surface area contributed by atoms with Crippen molar-refractivity contribution in [2.75, 3.05) is 11.4 Å². The Morgan fingerprint density at radius 1 is 1.30 bits per heavy atom. The van der Waals surface area contributed by atoms with E-state index >= 15 is 0 Å². The molecule has 4 nitrogen and oxygen atoms in total. The zero-order valence-corrected chi connectivity index (χ0v) is 11.1. The van der Waals surface area contributed by atoms with E-state index in [0.29, 0.717) is 0 Å². The summed E-state index contributed by atoms with van der Waals surface area (Å²) in [7, 11) is 0. The van der Waals surface area contributed by atoms with Gasteiger partial charge in [-0.05, 0) is 26.0 Å². The van der Waals surface area contributed by atoms with Crippen molar-refractivity contribution in [2.45, 2.75) is 32.5 Å². The van der Waals surface area contributed by atoms with Gasteiger partial charge in [-0.1, -0.05) is 0 Å². The molecule has 1 rings (SSSR count). The standard InChI is InChI=1S/C13H13F3N4/c1-9(2)20(7-3-6-17)12-10(8-18)4-5-11(19-12)13(14,15)16/h4-5,9H,3,7H2,1-2H3. The van der Waals surface area contributed by atoms with Crippen molar-refractivity contribution in [3.05, 3.63) is 23.4 Å². The second kappa shape index (κ2) is 6.25. The fourth-order valence-corrected chi connectivity index (χ4v) is 1.69. The molecule has 1 aromatic rings. The van der Waals surface area contributed by atoms with Gasteiger partial charge in [0.25, 0.3) is 0 Å². The number of hydrogen-bond acceptors (Lipinski definition) is 4. The van der Waals surface area contributed by atoms with Gasteiger partial charge in [0.05, 0.1) is 18.1 Å². The van der Waals surface area contributed by atoms with Crippen LogP contribution in [0.5, 0.6) is 0 Å². The number of pyridine rings is 1. The first-order chi connectivity index (χ1) is 9.31. The first kappa shape index (κ1) is 15.8. The monoisotopic (exact) mass is 282 g/mol. The summed E-state index contributed by atoms with van der Waals surface area (Å²) >= 11 is 0. The molecule has 0 aliphatic rings. The van der Waals surface area contributed by atoms with Crippen molar-refractivity contribution >= 4 is 5.82 Å². The number of nitriles is 2. The average molecular weight is 282 g/mol. The lowest BCUT2D eigenvalue weighted by Crippen LogP contribution is -2.33. The molecule has 0 fully saturated rings. The average Bonchev–Trinajstić information content (AvgIpc) is 2.37. The summed E-state index contributed by atoms with van der Waals surface area (Å²) in [6.07, 6.45) is -4.43. The lowest BCUT2D eigenvalue weighted by molar-refractivity contribution is -0.141. The summed E-state index contributed by atoms with van der Waals surface area (Å²) in [5.74, 6) is -0.0347. The lowest BCUT2D eigenvalue weighted by atomic mass is 10.2. The molecular formula is C13H13F3N4. The molecule has 0 bridgehead atoms. The molecule has 0 aliphatic carbocycles. The van der Waals surface area contributed by atoms with Crippen molar-refractivity contribution in [3.8, 4) is 12.1 Å². The van der Waals surface area contributed by atoms with E-state index in [1.807, 2.05) is 12.1 Å². The topological polar surface area (TPSA) is 63.7 Å². The largest absolute Gasteiger partial charge is 0.433 e. The summed E-state index contributed by atoms with van der Waals surface area (Å²) in [6.45, 7) is 3.75. The second-order valence-electron chi connectivity index (χ2n) is 4.37. The van der Waals surface area contributed by atoms with Gasteiger partial charge < -0.3 is 4.90 Å². The number of halogens is 3. The SMILES string of the molecule is CC(C)N(CCC#N)c1nc(C(F)(F)F)ccc1C#N. The maximum absolute atomic E-state index is 12.7. The maximum atomic E-state index is 12.7. The molecule has 0 saturated heterocycles. The highest BCUT2D eigenvalue weighted by Crippen LogP contribution is 2.31. The predicted molar refractivity (Wildman–Crippen MR) is 66.7 cm³/mol. The van der Waals surface area contributed by atoms with Crippen LogP contribution in [0.15, 0.2) is 12.1 Å². The van der Waals surface area contributed by atoms with Crippen molar-refractivity contribution in [3.63, 3.8) is 0 Å². The normalized spacial score (nSPS) is 11.0. The van der Waals surface area contributed by atoms with Crippen LogP contribution >= 0.6 is 0 Å². The molecule has 0 unspecified atom stereocenters. The van der Waals surface area contributed by atoms with E-state index in [1.165, 1.54) is 4.90 Å². The molecule has 0 saturated carbocycles. The molecule has 0 atom stereocenters. The smallest absolute Gasteiger partial charge is 0.352 e. The van der Waals surface area contributed by atoms with Crippen LogP contribution in [0.25, 0.3) is 0 Å². The summed E-state index contributed by atoms with van der Waals surface area (Å²) in [4.78, 5) is 5.08. The molecule has 1 heterocycles. The molecule has 1 aromatic heterocycles. The highest BCUT2D eigenvalue weighted by molar-refractivity contribution is 5.55. The van der Waals surface area contributed by atoms with Gasteiger partial charge in [-0.3, -0.25) is 0 Å². The number of rotatable bonds is 4. The fourth-order valence-electron chi connectivity index (χ4n) is 1.69. The van der Waals surface area contributed by atoms with E-state index in [9.17, 15) is 13.2 Å². The lowest BCUT2D eigenvalue weighted by Gasteiger charge is -2.28. The van der Waals surface area contributed by atoms with Crippen molar-refractivity contribution < 1.29 is 13.2 Å². The number of alkyl halides is 3. The maximum Gasteiger partial charge on any atom is 0.433 e. The van der Waals surface area contributed by atoms with Crippen molar-refractivity contribution in [2.24, 2.45) is 0 Å². The highest BCUT2D eigenvalue weighted by Gasteiger charge is 2.33. The molecule has 0 aliphatic heterocycles. The summed E-state index contributed by atoms with van der Waals surface area (Å²) in [5, 5.41) is 17.6. The van der Waals surface area contributed by atoms with Crippen LogP contribution < -0.4 is 4.90 Å². The van der Waals surface area contributed by atoms with Crippen LogP contribution in [0.1, 0.15) is 31.5 Å². The van der Waals surface area contributed by atoms with E-state index in [-0.39, 0.29) is 30.4 Å². The Morgan fingerprint density at radius 2 is 1.95 bits per heavy atom. The van der Waals surface area contributed by atoms with E-state index < -0.39 is 11.9 Å². The van der Waals surface area contributed by atoms with Crippen LogP contribution in [0, 0.1) is 22.7 Å². The molecule has 0 aromatic carbocycles. The fraction of sp³-hybridized carbons (Fsp3) is 0.462. The van der Waals surface area contributed by atoms with E-state index in [2.05, 4.69) is 4.98 Å². The van der Waals surface area contributed by atoms with Gasteiger partial charge in [0, 0.05) is 12.6 Å². The van der Waals surface area contributed by atoms with Gasteiger partial charge in [0.15, 0.2) is 0 Å². The highest BCUT2D eigenvalue weighted by atomic mass is 19.4. The molecule has 7 heteroatoms. The first-order valence-corrected chi connectivity index (χ1v) is 5.93. The minimum Gasteiger partial charge on any atom is -0.352 e. The Labute approximate surface area is 115 Å². The van der Waals surface area contributed by atoms with Crippen LogP contribution in [-0.2, 0) is 6.18 Å². The number of anilines is 1.